The molecular weight excluding hydrogens is 370 g/mol. The topological polar surface area (TPSA) is 114 Å². The summed E-state index contributed by atoms with van der Waals surface area (Å²) in [7, 11) is -4.22. The molecule has 0 fully saturated rings. The van der Waals surface area contributed by atoms with Gasteiger partial charge in [0.1, 0.15) is 24.3 Å². The van der Waals surface area contributed by atoms with Crippen molar-refractivity contribution in [2.45, 2.75) is 4.90 Å². The van der Waals surface area contributed by atoms with E-state index in [0.717, 1.165) is 0 Å². The maximum absolute atomic E-state index is 13.9. The molecule has 0 bridgehead atoms. The Balaban J connectivity index is 1.90. The Kier molecular flexibility index (Phi) is 4.38. The Hall–Kier alpha value is -3.34. The van der Waals surface area contributed by atoms with Crippen LogP contribution in [-0.2, 0) is 10.0 Å². The van der Waals surface area contributed by atoms with Crippen molar-refractivity contribution in [3.8, 4) is 5.69 Å². The molecule has 0 radical (unpaired) electrons. The molecule has 3 rings (SSSR count). The Morgan fingerprint density at radius 3 is 2.23 bits per heavy atom. The molecule has 0 atom stereocenters. The number of carboxylic acid groups (broad SMARTS) is 1. The number of nitrogens with one attached hydrogen (secondary N) is 1. The number of carbonyl (C=O) groups is 1. The van der Waals surface area contributed by atoms with Crippen molar-refractivity contribution in [2.24, 2.45) is 0 Å². The SMILES string of the molecule is O=C(O)c1cc(F)c(NS(=O)(=O)c2ccc(-n3cnnc3)cc2)cc1F. The van der Waals surface area contributed by atoms with E-state index in [2.05, 4.69) is 10.2 Å². The highest BCUT2D eigenvalue weighted by molar-refractivity contribution is 7.92. The monoisotopic (exact) mass is 380 g/mol. The van der Waals surface area contributed by atoms with Gasteiger partial charge in [0.05, 0.1) is 16.1 Å². The van der Waals surface area contributed by atoms with E-state index < -0.39 is 38.9 Å². The van der Waals surface area contributed by atoms with Gasteiger partial charge in [-0.1, -0.05) is 0 Å². The Bertz CT molecular complexity index is 1070. The number of benzene rings is 2. The molecule has 0 aliphatic heterocycles. The highest BCUT2D eigenvalue weighted by Crippen LogP contribution is 2.23. The van der Waals surface area contributed by atoms with E-state index >= 15 is 0 Å². The van der Waals surface area contributed by atoms with Crippen molar-refractivity contribution in [1.82, 2.24) is 14.8 Å². The van der Waals surface area contributed by atoms with Gasteiger partial charge in [0.15, 0.2) is 0 Å². The molecule has 0 saturated carbocycles. The van der Waals surface area contributed by atoms with E-state index in [0.29, 0.717) is 17.8 Å². The van der Waals surface area contributed by atoms with E-state index in [9.17, 15) is 22.0 Å². The van der Waals surface area contributed by atoms with E-state index in [4.69, 9.17) is 5.11 Å². The molecule has 2 aromatic carbocycles. The molecule has 26 heavy (non-hydrogen) atoms. The van der Waals surface area contributed by atoms with E-state index in [-0.39, 0.29) is 4.90 Å². The zero-order chi connectivity index (χ0) is 18.9. The molecule has 3 aromatic rings. The van der Waals surface area contributed by atoms with Crippen LogP contribution in [0.2, 0.25) is 0 Å². The van der Waals surface area contributed by atoms with Crippen LogP contribution in [0.25, 0.3) is 5.69 Å². The first-order valence-corrected chi connectivity index (χ1v) is 8.46. The van der Waals surface area contributed by atoms with Gasteiger partial charge < -0.3 is 5.11 Å². The van der Waals surface area contributed by atoms with Crippen LogP contribution in [-0.4, -0.2) is 34.3 Å². The average Bonchev–Trinajstić information content (AvgIpc) is 3.12. The summed E-state index contributed by atoms with van der Waals surface area (Å²) in [4.78, 5) is 10.6. The maximum atomic E-state index is 13.9. The number of aromatic carboxylic acids is 1. The van der Waals surface area contributed by atoms with E-state index in [1.54, 1.807) is 4.57 Å². The number of anilines is 1. The number of rotatable bonds is 5. The van der Waals surface area contributed by atoms with Gasteiger partial charge in [-0.2, -0.15) is 0 Å². The van der Waals surface area contributed by atoms with Crippen molar-refractivity contribution in [3.05, 3.63) is 66.3 Å². The summed E-state index contributed by atoms with van der Waals surface area (Å²) in [6.07, 6.45) is 2.84. The standard InChI is InChI=1S/C15H10F2N4O4S/c16-12-6-14(13(17)5-11(12)15(22)23)20-26(24,25)10-3-1-9(2-4-10)21-7-18-19-8-21/h1-8,20H,(H,22,23). The smallest absolute Gasteiger partial charge is 0.338 e. The second kappa shape index (κ2) is 6.52. The molecule has 1 heterocycles. The lowest BCUT2D eigenvalue weighted by Gasteiger charge is -2.11. The van der Waals surface area contributed by atoms with Crippen molar-refractivity contribution in [2.75, 3.05) is 4.72 Å². The van der Waals surface area contributed by atoms with Crippen molar-refractivity contribution in [1.29, 1.82) is 0 Å². The van der Waals surface area contributed by atoms with Gasteiger partial charge in [-0.3, -0.25) is 9.29 Å². The van der Waals surface area contributed by atoms with Gasteiger partial charge in [0, 0.05) is 11.8 Å². The normalized spacial score (nSPS) is 11.3. The largest absolute Gasteiger partial charge is 0.478 e. The average molecular weight is 380 g/mol. The zero-order valence-corrected chi connectivity index (χ0v) is 13.6. The molecule has 0 unspecified atom stereocenters. The fourth-order valence-corrected chi connectivity index (χ4v) is 3.18. The van der Waals surface area contributed by atoms with Crippen LogP contribution in [0.1, 0.15) is 10.4 Å². The number of halogens is 2. The second-order valence-corrected chi connectivity index (χ2v) is 6.77. The van der Waals surface area contributed by atoms with Crippen LogP contribution in [0.5, 0.6) is 0 Å². The first-order chi connectivity index (χ1) is 12.3. The van der Waals surface area contributed by atoms with E-state index in [1.165, 1.54) is 36.9 Å². The molecule has 0 saturated heterocycles. The third-order valence-electron chi connectivity index (χ3n) is 3.40. The van der Waals surface area contributed by atoms with Crippen LogP contribution in [0.4, 0.5) is 14.5 Å². The molecule has 0 amide bonds. The second-order valence-electron chi connectivity index (χ2n) is 5.09. The number of aromatic nitrogens is 3. The van der Waals surface area contributed by atoms with Crippen molar-refractivity contribution >= 4 is 21.7 Å². The molecule has 11 heteroatoms. The Morgan fingerprint density at radius 1 is 1.04 bits per heavy atom. The number of nitrogens with zero attached hydrogens (tertiary/aromatic N) is 3. The Labute approximate surface area is 145 Å². The molecule has 2 N–H and O–H groups in total. The van der Waals surface area contributed by atoms with Crippen molar-refractivity contribution in [3.63, 3.8) is 0 Å². The van der Waals surface area contributed by atoms with Crippen LogP contribution in [0.15, 0.2) is 53.9 Å². The van der Waals surface area contributed by atoms with Crippen molar-refractivity contribution < 1.29 is 27.1 Å². The summed E-state index contributed by atoms with van der Waals surface area (Å²) in [5.41, 5.74) is -1.00. The predicted octanol–water partition coefficient (Wildman–Crippen LogP) is 2.04. The zero-order valence-electron chi connectivity index (χ0n) is 12.8. The molecule has 1 aromatic heterocycles. The fraction of sp³-hybridized carbons (Fsp3) is 0. The summed E-state index contributed by atoms with van der Waals surface area (Å²) in [5.74, 6) is -4.14. The number of carboxylic acids is 1. The molecule has 8 nitrogen and oxygen atoms in total. The first kappa shape index (κ1) is 17.5. The molecule has 134 valence electrons. The molecule has 0 aliphatic rings. The molecule has 0 spiro atoms. The quantitative estimate of drug-likeness (QED) is 0.700. The number of hydrogen-bond donors (Lipinski definition) is 2. The van der Waals surface area contributed by atoms with Crippen LogP contribution in [0, 0.1) is 11.6 Å². The first-order valence-electron chi connectivity index (χ1n) is 6.98. The van der Waals surface area contributed by atoms with Gasteiger partial charge in [-0.05, 0) is 30.3 Å². The highest BCUT2D eigenvalue weighted by Gasteiger charge is 2.20. The summed E-state index contributed by atoms with van der Waals surface area (Å²) >= 11 is 0. The summed E-state index contributed by atoms with van der Waals surface area (Å²) in [5, 5.41) is 16.0. The maximum Gasteiger partial charge on any atom is 0.338 e. The van der Waals surface area contributed by atoms with E-state index in [1.807, 2.05) is 4.72 Å². The van der Waals surface area contributed by atoms with Crippen LogP contribution < -0.4 is 4.72 Å². The minimum atomic E-state index is -4.22. The predicted molar refractivity (Wildman–Crippen MR) is 85.5 cm³/mol. The third kappa shape index (κ3) is 3.37. The molecule has 0 aliphatic carbocycles. The minimum Gasteiger partial charge on any atom is -0.478 e. The summed E-state index contributed by atoms with van der Waals surface area (Å²) < 4.78 is 55.7. The van der Waals surface area contributed by atoms with Gasteiger partial charge in [0.2, 0.25) is 0 Å². The summed E-state index contributed by atoms with van der Waals surface area (Å²) in [6.45, 7) is 0. The minimum absolute atomic E-state index is 0.198. The van der Waals surface area contributed by atoms with Crippen LogP contribution >= 0.6 is 0 Å². The summed E-state index contributed by atoms with van der Waals surface area (Å²) in [6, 6.07) is 6.35. The van der Waals surface area contributed by atoms with Gasteiger partial charge in [0.25, 0.3) is 10.0 Å². The Morgan fingerprint density at radius 2 is 1.65 bits per heavy atom. The highest BCUT2D eigenvalue weighted by atomic mass is 32.2. The fourth-order valence-electron chi connectivity index (χ4n) is 2.12. The number of sulfonamides is 1. The molecular formula is C15H10F2N4O4S. The van der Waals surface area contributed by atoms with Gasteiger partial charge >= 0.3 is 5.97 Å². The van der Waals surface area contributed by atoms with Gasteiger partial charge in [-0.15, -0.1) is 10.2 Å². The lowest BCUT2D eigenvalue weighted by Crippen LogP contribution is -2.15. The van der Waals surface area contributed by atoms with Gasteiger partial charge in [-0.25, -0.2) is 22.0 Å². The number of hydrogen-bond acceptors (Lipinski definition) is 5. The lowest BCUT2D eigenvalue weighted by molar-refractivity contribution is 0.0691. The lowest BCUT2D eigenvalue weighted by atomic mass is 10.2. The third-order valence-corrected chi connectivity index (χ3v) is 4.78. The van der Waals surface area contributed by atoms with Crippen LogP contribution in [0.3, 0.4) is 0 Å².